The van der Waals surface area contributed by atoms with Gasteiger partial charge >= 0.3 is 0 Å². The predicted molar refractivity (Wildman–Crippen MR) is 112 cm³/mol. The van der Waals surface area contributed by atoms with Gasteiger partial charge in [0.1, 0.15) is 13.2 Å². The van der Waals surface area contributed by atoms with Crippen LogP contribution in [0.4, 0.5) is 4.39 Å². The third-order valence-corrected chi connectivity index (χ3v) is 4.55. The van der Waals surface area contributed by atoms with Gasteiger partial charge in [-0.2, -0.15) is 4.80 Å². The Hall–Kier alpha value is -4.07. The number of carbonyl (C=O) groups is 1. The number of hydrogen-bond donors (Lipinski definition) is 1. The molecule has 0 saturated heterocycles. The van der Waals surface area contributed by atoms with Gasteiger partial charge in [-0.05, 0) is 22.9 Å². The van der Waals surface area contributed by atoms with E-state index < -0.39 is 11.9 Å². The molecule has 1 unspecified atom stereocenters. The Morgan fingerprint density at radius 1 is 0.968 bits per heavy atom. The van der Waals surface area contributed by atoms with E-state index in [-0.39, 0.29) is 24.8 Å². The molecule has 31 heavy (non-hydrogen) atoms. The van der Waals surface area contributed by atoms with Crippen LogP contribution >= 0.6 is 0 Å². The third kappa shape index (κ3) is 5.30. The fourth-order valence-corrected chi connectivity index (χ4v) is 3.02. The summed E-state index contributed by atoms with van der Waals surface area (Å²) < 4.78 is 19.5. The number of hydrogen-bond acceptors (Lipinski definition) is 5. The first kappa shape index (κ1) is 20.2. The van der Waals surface area contributed by atoms with Crippen molar-refractivity contribution < 1.29 is 13.9 Å². The quantitative estimate of drug-likeness (QED) is 0.475. The number of para-hydroxylation sites is 1. The molecule has 1 amide bonds. The van der Waals surface area contributed by atoms with Crippen molar-refractivity contribution in [3.8, 4) is 17.1 Å². The number of rotatable bonds is 8. The molecule has 4 rings (SSSR count). The summed E-state index contributed by atoms with van der Waals surface area (Å²) in [4.78, 5) is 13.9. The molecule has 1 aromatic heterocycles. The van der Waals surface area contributed by atoms with E-state index >= 15 is 0 Å². The zero-order chi connectivity index (χ0) is 21.5. The first-order valence-corrected chi connectivity index (χ1v) is 9.74. The zero-order valence-corrected chi connectivity index (χ0v) is 16.6. The van der Waals surface area contributed by atoms with E-state index in [0.29, 0.717) is 5.82 Å². The van der Waals surface area contributed by atoms with Crippen molar-refractivity contribution in [2.45, 2.75) is 12.6 Å². The number of benzene rings is 3. The van der Waals surface area contributed by atoms with Crippen LogP contribution in [0.25, 0.3) is 11.4 Å². The summed E-state index contributed by atoms with van der Waals surface area (Å²) in [6.45, 7) is -0.0421. The highest BCUT2D eigenvalue weighted by Gasteiger charge is 2.18. The van der Waals surface area contributed by atoms with Crippen molar-refractivity contribution in [3.05, 3.63) is 96.3 Å². The standard InChI is InChI=1S/C23H20FN5O2/c24-19-13-7-8-14-21(19)31-16-20(17-9-3-1-4-10-17)25-22(30)15-29-27-23(26-28-29)18-11-5-2-6-12-18/h1-14,20H,15-16H2,(H,25,30). The van der Waals surface area contributed by atoms with Crippen molar-refractivity contribution in [2.24, 2.45) is 0 Å². The predicted octanol–water partition coefficient (Wildman–Crippen LogP) is 3.42. The average Bonchev–Trinajstić information content (AvgIpc) is 3.27. The van der Waals surface area contributed by atoms with Gasteiger partial charge < -0.3 is 10.1 Å². The summed E-state index contributed by atoms with van der Waals surface area (Å²) in [7, 11) is 0. The minimum atomic E-state index is -0.481. The van der Waals surface area contributed by atoms with Gasteiger partial charge in [-0.1, -0.05) is 72.8 Å². The minimum absolute atomic E-state index is 0.0662. The molecule has 156 valence electrons. The normalized spacial score (nSPS) is 11.6. The van der Waals surface area contributed by atoms with E-state index in [1.807, 2.05) is 60.7 Å². The van der Waals surface area contributed by atoms with Crippen molar-refractivity contribution in [1.29, 1.82) is 0 Å². The number of tetrazole rings is 1. The molecule has 0 spiro atoms. The van der Waals surface area contributed by atoms with E-state index in [1.165, 1.54) is 10.9 Å². The Balaban J connectivity index is 1.43. The second-order valence-electron chi connectivity index (χ2n) is 6.78. The molecule has 0 aliphatic rings. The molecule has 7 nitrogen and oxygen atoms in total. The van der Waals surface area contributed by atoms with Gasteiger partial charge in [0.2, 0.25) is 11.7 Å². The summed E-state index contributed by atoms with van der Waals surface area (Å²) in [5.41, 5.74) is 1.65. The van der Waals surface area contributed by atoms with E-state index in [2.05, 4.69) is 20.7 Å². The number of halogens is 1. The maximum absolute atomic E-state index is 13.9. The number of nitrogens with zero attached hydrogens (tertiary/aromatic N) is 4. The minimum Gasteiger partial charge on any atom is -0.488 e. The molecule has 0 saturated carbocycles. The van der Waals surface area contributed by atoms with Crippen LogP contribution in [0.3, 0.4) is 0 Å². The Bertz CT molecular complexity index is 1130. The fourth-order valence-electron chi connectivity index (χ4n) is 3.02. The van der Waals surface area contributed by atoms with Crippen LogP contribution in [0.1, 0.15) is 11.6 Å². The molecule has 0 aliphatic heterocycles. The molecule has 0 radical (unpaired) electrons. The van der Waals surface area contributed by atoms with Gasteiger partial charge in [-0.15, -0.1) is 10.2 Å². The number of aromatic nitrogens is 4. The topological polar surface area (TPSA) is 81.9 Å². The lowest BCUT2D eigenvalue weighted by atomic mass is 10.1. The lowest BCUT2D eigenvalue weighted by Gasteiger charge is -2.20. The Kier molecular flexibility index (Phi) is 6.27. The Labute approximate surface area is 178 Å². The van der Waals surface area contributed by atoms with Crippen molar-refractivity contribution in [2.75, 3.05) is 6.61 Å². The highest BCUT2D eigenvalue weighted by Crippen LogP contribution is 2.19. The molecule has 0 aliphatic carbocycles. The molecule has 8 heteroatoms. The Morgan fingerprint density at radius 2 is 1.65 bits per heavy atom. The van der Waals surface area contributed by atoms with Crippen LogP contribution < -0.4 is 10.1 Å². The van der Waals surface area contributed by atoms with Crippen LogP contribution in [-0.4, -0.2) is 32.7 Å². The van der Waals surface area contributed by atoms with Gasteiger partial charge in [0.15, 0.2) is 11.6 Å². The second kappa shape index (κ2) is 9.62. The van der Waals surface area contributed by atoms with Gasteiger partial charge in [0.05, 0.1) is 6.04 Å². The number of amides is 1. The van der Waals surface area contributed by atoms with Gasteiger partial charge in [0, 0.05) is 5.56 Å². The monoisotopic (exact) mass is 417 g/mol. The van der Waals surface area contributed by atoms with Gasteiger partial charge in [-0.25, -0.2) is 4.39 Å². The molecule has 0 fully saturated rings. The van der Waals surface area contributed by atoms with Crippen LogP contribution in [0, 0.1) is 5.82 Å². The van der Waals surface area contributed by atoms with E-state index in [1.54, 1.807) is 18.2 Å². The third-order valence-electron chi connectivity index (χ3n) is 4.55. The van der Waals surface area contributed by atoms with Crippen LogP contribution in [0.2, 0.25) is 0 Å². The van der Waals surface area contributed by atoms with Gasteiger partial charge in [-0.3, -0.25) is 4.79 Å². The molecule has 1 N–H and O–H groups in total. The largest absolute Gasteiger partial charge is 0.488 e. The van der Waals surface area contributed by atoms with Gasteiger partial charge in [0.25, 0.3) is 0 Å². The summed E-state index contributed by atoms with van der Waals surface area (Å²) in [6.07, 6.45) is 0. The fraction of sp³-hybridized carbons (Fsp3) is 0.130. The van der Waals surface area contributed by atoms with Crippen molar-refractivity contribution in [3.63, 3.8) is 0 Å². The maximum Gasteiger partial charge on any atom is 0.244 e. The van der Waals surface area contributed by atoms with Crippen molar-refractivity contribution >= 4 is 5.91 Å². The van der Waals surface area contributed by atoms with Crippen LogP contribution in [-0.2, 0) is 11.3 Å². The summed E-state index contributed by atoms with van der Waals surface area (Å²) >= 11 is 0. The first-order valence-electron chi connectivity index (χ1n) is 9.74. The van der Waals surface area contributed by atoms with Crippen molar-refractivity contribution in [1.82, 2.24) is 25.5 Å². The molecule has 0 bridgehead atoms. The second-order valence-corrected chi connectivity index (χ2v) is 6.78. The van der Waals surface area contributed by atoms with Crippen LogP contribution in [0.5, 0.6) is 5.75 Å². The number of carbonyl (C=O) groups excluding carboxylic acids is 1. The highest BCUT2D eigenvalue weighted by atomic mass is 19.1. The summed E-state index contributed by atoms with van der Waals surface area (Å²) in [6, 6.07) is 24.4. The highest BCUT2D eigenvalue weighted by molar-refractivity contribution is 5.76. The maximum atomic E-state index is 13.9. The molecule has 4 aromatic rings. The smallest absolute Gasteiger partial charge is 0.244 e. The SMILES string of the molecule is O=C(Cn1nnc(-c2ccccc2)n1)NC(COc1ccccc1F)c1ccccc1. The Morgan fingerprint density at radius 3 is 2.39 bits per heavy atom. The molecule has 1 atom stereocenters. The van der Waals surface area contributed by atoms with E-state index in [9.17, 15) is 9.18 Å². The average molecular weight is 417 g/mol. The number of nitrogens with one attached hydrogen (secondary N) is 1. The first-order chi connectivity index (χ1) is 15.2. The molecular weight excluding hydrogens is 397 g/mol. The zero-order valence-electron chi connectivity index (χ0n) is 16.6. The summed E-state index contributed by atoms with van der Waals surface area (Å²) in [5.74, 6) is -0.206. The van der Waals surface area contributed by atoms with E-state index in [4.69, 9.17) is 4.74 Å². The summed E-state index contributed by atoms with van der Waals surface area (Å²) in [5, 5.41) is 15.1. The molecular formula is C23H20FN5O2. The number of ether oxygens (including phenoxy) is 1. The van der Waals surface area contributed by atoms with Crippen LogP contribution in [0.15, 0.2) is 84.9 Å². The molecule has 3 aromatic carbocycles. The van der Waals surface area contributed by atoms with E-state index in [0.717, 1.165) is 11.1 Å². The molecule has 1 heterocycles. The lowest BCUT2D eigenvalue weighted by Crippen LogP contribution is -2.35. The lowest BCUT2D eigenvalue weighted by molar-refractivity contribution is -0.123.